The molecule has 0 spiro atoms. The first-order chi connectivity index (χ1) is 6.46. The number of alkyl halides is 3. The van der Waals surface area contributed by atoms with E-state index in [0.717, 1.165) is 0 Å². The van der Waals surface area contributed by atoms with Crippen molar-refractivity contribution in [2.45, 2.75) is 6.36 Å². The van der Waals surface area contributed by atoms with E-state index in [-0.39, 0.29) is 11.5 Å². The first-order valence-electron chi connectivity index (χ1n) is 4.00. The lowest BCUT2D eigenvalue weighted by molar-refractivity contribution is -0.618. The number of hydrogen-bond acceptors (Lipinski definition) is 4. The largest absolute Gasteiger partial charge is 0.771 e. The van der Waals surface area contributed by atoms with Crippen LogP contribution in [0.15, 0.2) is 0 Å². The van der Waals surface area contributed by atoms with Crippen molar-refractivity contribution in [3.63, 3.8) is 0 Å². The van der Waals surface area contributed by atoms with E-state index in [1.165, 1.54) is 0 Å². The standard InChI is InChI=1S/C6H18N3S.CF3O/c1-7(2)10(8(3)4)9(5)6;2-1(3,4)5/h1-6H3;/q+1;-1. The molecule has 0 unspecified atom stereocenters. The molecule has 0 aliphatic heterocycles. The molecule has 0 saturated heterocycles. The molecule has 0 amide bonds. The summed E-state index contributed by atoms with van der Waals surface area (Å²) in [6.45, 7) is 0. The maximum atomic E-state index is 9.80. The van der Waals surface area contributed by atoms with E-state index in [0.29, 0.717) is 0 Å². The maximum Gasteiger partial charge on any atom is 0.331 e. The molecule has 0 aliphatic carbocycles. The zero-order valence-corrected chi connectivity index (χ0v) is 10.6. The summed E-state index contributed by atoms with van der Waals surface area (Å²) in [5, 5.41) is 8.10. The molecule has 0 fully saturated rings. The molecule has 0 atom stereocenters. The predicted octanol–water partition coefficient (Wildman–Crippen LogP) is -0.0990. The van der Waals surface area contributed by atoms with Crippen LogP contribution in [-0.2, 0) is 11.5 Å². The quantitative estimate of drug-likeness (QED) is 0.654. The molecule has 0 aromatic carbocycles. The van der Waals surface area contributed by atoms with Crippen LogP contribution < -0.4 is 5.11 Å². The molecular weight excluding hydrogens is 231 g/mol. The van der Waals surface area contributed by atoms with Crippen LogP contribution in [-0.4, -0.2) is 61.6 Å². The summed E-state index contributed by atoms with van der Waals surface area (Å²) < 4.78 is 36.0. The van der Waals surface area contributed by atoms with E-state index in [1.54, 1.807) is 0 Å². The lowest BCUT2D eigenvalue weighted by Crippen LogP contribution is -2.44. The van der Waals surface area contributed by atoms with Crippen molar-refractivity contribution in [2.24, 2.45) is 0 Å². The molecule has 8 heteroatoms. The highest BCUT2D eigenvalue weighted by molar-refractivity contribution is 7.90. The van der Waals surface area contributed by atoms with Gasteiger partial charge in [0, 0.05) is 42.3 Å². The first-order valence-corrected chi connectivity index (χ1v) is 5.10. The Morgan fingerprint density at radius 2 is 0.933 bits per heavy atom. The van der Waals surface area contributed by atoms with Gasteiger partial charge >= 0.3 is 6.36 Å². The molecule has 0 N–H and O–H groups in total. The lowest BCUT2D eigenvalue weighted by atomic mass is 11.2. The average molecular weight is 249 g/mol. The average Bonchev–Trinajstić information content (AvgIpc) is 1.77. The highest BCUT2D eigenvalue weighted by Gasteiger charge is 2.29. The molecule has 0 aromatic rings. The molecule has 15 heavy (non-hydrogen) atoms. The van der Waals surface area contributed by atoms with E-state index in [1.807, 2.05) is 0 Å². The van der Waals surface area contributed by atoms with Crippen LogP contribution in [0.4, 0.5) is 13.2 Å². The monoisotopic (exact) mass is 249 g/mol. The van der Waals surface area contributed by atoms with E-state index in [2.05, 4.69) is 55.2 Å². The van der Waals surface area contributed by atoms with Crippen LogP contribution in [0.3, 0.4) is 0 Å². The SMILES string of the molecule is CN(C)[S+](N(C)C)N(C)C.[O-]C(F)(F)F. The van der Waals surface area contributed by atoms with Gasteiger partial charge in [0.15, 0.2) is 0 Å². The Morgan fingerprint density at radius 1 is 0.800 bits per heavy atom. The Labute approximate surface area is 92.0 Å². The second-order valence-corrected chi connectivity index (χ2v) is 5.81. The molecule has 94 valence electrons. The van der Waals surface area contributed by atoms with Crippen molar-refractivity contribution in [2.75, 3.05) is 42.3 Å². The Morgan fingerprint density at radius 3 is 0.933 bits per heavy atom. The Hall–Kier alpha value is -0.0200. The van der Waals surface area contributed by atoms with Crippen molar-refractivity contribution < 1.29 is 18.3 Å². The maximum absolute atomic E-state index is 9.80. The van der Waals surface area contributed by atoms with Crippen molar-refractivity contribution in [3.8, 4) is 0 Å². The molecule has 0 heterocycles. The summed E-state index contributed by atoms with van der Waals surface area (Å²) in [5.74, 6) is 0. The molecular formula is C7H18F3N3OS. The fourth-order valence-electron chi connectivity index (χ4n) is 0.980. The highest BCUT2D eigenvalue weighted by atomic mass is 32.2. The molecule has 0 bridgehead atoms. The van der Waals surface area contributed by atoms with Gasteiger partial charge in [0.1, 0.15) is 0 Å². The summed E-state index contributed by atoms with van der Waals surface area (Å²) in [7, 11) is 12.5. The van der Waals surface area contributed by atoms with Crippen molar-refractivity contribution >= 4 is 11.5 Å². The van der Waals surface area contributed by atoms with Gasteiger partial charge in [0.25, 0.3) is 11.5 Å². The second-order valence-electron chi connectivity index (χ2n) is 3.13. The van der Waals surface area contributed by atoms with Crippen LogP contribution in [0.1, 0.15) is 0 Å². The third kappa shape index (κ3) is 14.0. The van der Waals surface area contributed by atoms with Crippen molar-refractivity contribution in [3.05, 3.63) is 0 Å². The smallest absolute Gasteiger partial charge is 0.331 e. The fourth-order valence-corrected chi connectivity index (χ4v) is 2.94. The van der Waals surface area contributed by atoms with E-state index < -0.39 is 6.36 Å². The van der Waals surface area contributed by atoms with Gasteiger partial charge in [0.05, 0.1) is 0 Å². The predicted molar refractivity (Wildman–Crippen MR) is 54.5 cm³/mol. The van der Waals surface area contributed by atoms with Crippen molar-refractivity contribution in [1.29, 1.82) is 0 Å². The zero-order chi connectivity index (χ0) is 12.8. The number of hydrogen-bond donors (Lipinski definition) is 0. The third-order valence-electron chi connectivity index (χ3n) is 0.980. The van der Waals surface area contributed by atoms with E-state index in [9.17, 15) is 13.2 Å². The number of halogens is 3. The zero-order valence-electron chi connectivity index (χ0n) is 9.79. The number of rotatable bonds is 3. The summed E-state index contributed by atoms with van der Waals surface area (Å²) in [6, 6.07) is 0. The molecule has 0 rings (SSSR count). The van der Waals surface area contributed by atoms with Crippen LogP contribution in [0.25, 0.3) is 0 Å². The topological polar surface area (TPSA) is 32.8 Å². The van der Waals surface area contributed by atoms with Gasteiger partial charge < -0.3 is 5.11 Å². The Balaban J connectivity index is 0. The first kappa shape index (κ1) is 17.4. The van der Waals surface area contributed by atoms with Crippen LogP contribution in [0.5, 0.6) is 0 Å². The minimum atomic E-state index is -5.25. The van der Waals surface area contributed by atoms with Gasteiger partial charge in [-0.3, -0.25) is 0 Å². The molecule has 4 nitrogen and oxygen atoms in total. The van der Waals surface area contributed by atoms with E-state index >= 15 is 0 Å². The molecule has 0 radical (unpaired) electrons. The molecule has 0 aromatic heterocycles. The Bertz CT molecular complexity index is 139. The highest BCUT2D eigenvalue weighted by Crippen LogP contribution is 2.05. The van der Waals surface area contributed by atoms with Crippen LogP contribution in [0.2, 0.25) is 0 Å². The lowest BCUT2D eigenvalue weighted by Gasteiger charge is -2.20. The van der Waals surface area contributed by atoms with Crippen molar-refractivity contribution in [1.82, 2.24) is 12.9 Å². The van der Waals surface area contributed by atoms with Gasteiger partial charge in [-0.15, -0.1) is 0 Å². The summed E-state index contributed by atoms with van der Waals surface area (Å²) in [4.78, 5) is 0. The van der Waals surface area contributed by atoms with Gasteiger partial charge in [0.2, 0.25) is 0 Å². The second kappa shape index (κ2) is 7.29. The van der Waals surface area contributed by atoms with Gasteiger partial charge in [-0.25, -0.2) is 0 Å². The molecule has 0 saturated carbocycles. The van der Waals surface area contributed by atoms with Crippen LogP contribution >= 0.6 is 0 Å². The minimum Gasteiger partial charge on any atom is -0.771 e. The third-order valence-corrected chi connectivity index (χ3v) is 2.94. The van der Waals surface area contributed by atoms with E-state index in [4.69, 9.17) is 5.11 Å². The van der Waals surface area contributed by atoms with Crippen LogP contribution in [0, 0.1) is 0 Å². The van der Waals surface area contributed by atoms with Gasteiger partial charge in [-0.1, -0.05) is 12.9 Å². The Kier molecular flexibility index (Phi) is 8.44. The number of nitrogens with zero attached hydrogens (tertiary/aromatic N) is 3. The summed E-state index contributed by atoms with van der Waals surface area (Å²) in [5.41, 5.74) is 0. The van der Waals surface area contributed by atoms with Gasteiger partial charge in [-0.2, -0.15) is 13.2 Å². The minimum absolute atomic E-state index is 0.120. The fraction of sp³-hybridized carbons (Fsp3) is 1.00. The van der Waals surface area contributed by atoms with Gasteiger partial charge in [-0.05, 0) is 0 Å². The summed E-state index contributed by atoms with van der Waals surface area (Å²) in [6.07, 6.45) is -5.25. The summed E-state index contributed by atoms with van der Waals surface area (Å²) >= 11 is 0.120. The molecule has 0 aliphatic rings. The normalized spacial score (nSPS) is 12.4.